The molecule has 3 heteroatoms. The Bertz CT molecular complexity index is 326. The highest BCUT2D eigenvalue weighted by atomic mass is 32.1. The molecule has 1 saturated heterocycles. The van der Waals surface area contributed by atoms with E-state index in [0.29, 0.717) is 18.3 Å². The summed E-state index contributed by atoms with van der Waals surface area (Å²) in [5, 5.41) is 2.09. The Hall–Kier alpha value is -0.670. The van der Waals surface area contributed by atoms with Crippen LogP contribution in [0.15, 0.2) is 17.5 Å². The van der Waals surface area contributed by atoms with E-state index in [0.717, 1.165) is 45.1 Å². The zero-order valence-electron chi connectivity index (χ0n) is 10.2. The highest BCUT2D eigenvalue weighted by Crippen LogP contribution is 2.18. The predicted molar refractivity (Wildman–Crippen MR) is 70.5 cm³/mol. The Labute approximate surface area is 107 Å². The summed E-state index contributed by atoms with van der Waals surface area (Å²) in [7, 11) is 0. The summed E-state index contributed by atoms with van der Waals surface area (Å²) in [6, 6.07) is 4.21. The van der Waals surface area contributed by atoms with Gasteiger partial charge in [-0.15, -0.1) is 11.3 Å². The standard InChI is InChI=1S/C14H20O2S/c15-12(8-9-13-5-2-10-16-13)4-1-6-14-7-3-11-17-14/h3,7,11,13H,1-2,4-6,8-10H2. The number of aryl methyl sites for hydroxylation is 1. The molecule has 0 spiro atoms. The lowest BCUT2D eigenvalue weighted by molar-refractivity contribution is -0.119. The molecule has 17 heavy (non-hydrogen) atoms. The first-order valence-corrected chi connectivity index (χ1v) is 7.38. The molecular formula is C14H20O2S. The van der Waals surface area contributed by atoms with Crippen LogP contribution < -0.4 is 0 Å². The van der Waals surface area contributed by atoms with Crippen LogP contribution in [0.5, 0.6) is 0 Å². The number of ether oxygens (including phenoxy) is 1. The molecule has 1 aliphatic rings. The predicted octanol–water partition coefficient (Wildman–Crippen LogP) is 3.60. The Morgan fingerprint density at radius 2 is 2.41 bits per heavy atom. The van der Waals surface area contributed by atoms with E-state index in [1.54, 1.807) is 11.3 Å². The summed E-state index contributed by atoms with van der Waals surface area (Å²) in [4.78, 5) is 13.1. The number of ketones is 1. The quantitative estimate of drug-likeness (QED) is 0.741. The van der Waals surface area contributed by atoms with Crippen molar-refractivity contribution in [1.82, 2.24) is 0 Å². The second-order valence-electron chi connectivity index (χ2n) is 4.65. The van der Waals surface area contributed by atoms with Gasteiger partial charge in [0.2, 0.25) is 0 Å². The minimum absolute atomic E-state index is 0.358. The van der Waals surface area contributed by atoms with Crippen LogP contribution in [0, 0.1) is 0 Å². The molecule has 0 radical (unpaired) electrons. The SMILES string of the molecule is O=C(CCCc1cccs1)CCC1CCCO1. The van der Waals surface area contributed by atoms with Gasteiger partial charge in [0.25, 0.3) is 0 Å². The fourth-order valence-corrected chi connectivity index (χ4v) is 2.98. The van der Waals surface area contributed by atoms with Crippen LogP contribution in [0.4, 0.5) is 0 Å². The third-order valence-electron chi connectivity index (χ3n) is 3.23. The molecule has 1 atom stereocenters. The maximum absolute atomic E-state index is 11.7. The summed E-state index contributed by atoms with van der Waals surface area (Å²) in [6.07, 6.45) is 7.06. The average molecular weight is 252 g/mol. The summed E-state index contributed by atoms with van der Waals surface area (Å²) in [5.74, 6) is 0.400. The van der Waals surface area contributed by atoms with Gasteiger partial charge in [-0.3, -0.25) is 4.79 Å². The molecule has 1 aromatic rings. The smallest absolute Gasteiger partial charge is 0.133 e. The Morgan fingerprint density at radius 1 is 1.47 bits per heavy atom. The summed E-state index contributed by atoms with van der Waals surface area (Å²) in [6.45, 7) is 0.886. The van der Waals surface area contributed by atoms with Crippen LogP contribution in [-0.2, 0) is 16.0 Å². The first kappa shape index (κ1) is 12.8. The molecule has 0 saturated carbocycles. The molecule has 2 nitrogen and oxygen atoms in total. The Kier molecular flexibility index (Phi) is 5.20. The van der Waals surface area contributed by atoms with Crippen molar-refractivity contribution >= 4 is 17.1 Å². The van der Waals surface area contributed by atoms with E-state index in [2.05, 4.69) is 17.5 Å². The van der Waals surface area contributed by atoms with E-state index in [1.165, 1.54) is 4.88 Å². The van der Waals surface area contributed by atoms with E-state index in [1.807, 2.05) is 0 Å². The van der Waals surface area contributed by atoms with Gasteiger partial charge in [0.05, 0.1) is 6.10 Å². The first-order chi connectivity index (χ1) is 8.34. The van der Waals surface area contributed by atoms with E-state index in [9.17, 15) is 4.79 Å². The van der Waals surface area contributed by atoms with Crippen LogP contribution in [-0.4, -0.2) is 18.5 Å². The minimum Gasteiger partial charge on any atom is -0.378 e. The van der Waals surface area contributed by atoms with Gasteiger partial charge < -0.3 is 4.74 Å². The third-order valence-corrected chi connectivity index (χ3v) is 4.16. The van der Waals surface area contributed by atoms with Crippen molar-refractivity contribution in [3.8, 4) is 0 Å². The van der Waals surface area contributed by atoms with Crippen molar-refractivity contribution in [2.24, 2.45) is 0 Å². The van der Waals surface area contributed by atoms with Gasteiger partial charge in [-0.1, -0.05) is 6.07 Å². The van der Waals surface area contributed by atoms with Gasteiger partial charge in [0.1, 0.15) is 5.78 Å². The van der Waals surface area contributed by atoms with E-state index >= 15 is 0 Å². The molecule has 0 amide bonds. The molecule has 0 aromatic carbocycles. The van der Waals surface area contributed by atoms with Gasteiger partial charge in [-0.25, -0.2) is 0 Å². The average Bonchev–Trinajstić information content (AvgIpc) is 2.99. The Balaban J connectivity index is 1.54. The monoisotopic (exact) mass is 252 g/mol. The van der Waals surface area contributed by atoms with E-state index in [-0.39, 0.29) is 0 Å². The second kappa shape index (κ2) is 6.92. The van der Waals surface area contributed by atoms with Gasteiger partial charge in [0.15, 0.2) is 0 Å². The number of Topliss-reactive ketones (excluding diaryl/α,β-unsaturated/α-hetero) is 1. The van der Waals surface area contributed by atoms with E-state index in [4.69, 9.17) is 4.74 Å². The lowest BCUT2D eigenvalue weighted by atomic mass is 10.0. The highest BCUT2D eigenvalue weighted by molar-refractivity contribution is 7.09. The molecule has 1 aliphatic heterocycles. The van der Waals surface area contributed by atoms with Crippen molar-refractivity contribution in [3.05, 3.63) is 22.4 Å². The largest absolute Gasteiger partial charge is 0.378 e. The molecule has 1 fully saturated rings. The van der Waals surface area contributed by atoms with Crippen molar-refractivity contribution in [2.45, 2.75) is 51.0 Å². The van der Waals surface area contributed by atoms with Crippen molar-refractivity contribution in [3.63, 3.8) is 0 Å². The number of hydrogen-bond acceptors (Lipinski definition) is 3. The minimum atomic E-state index is 0.358. The molecule has 1 unspecified atom stereocenters. The molecular weight excluding hydrogens is 232 g/mol. The van der Waals surface area contributed by atoms with Gasteiger partial charge >= 0.3 is 0 Å². The summed E-state index contributed by atoms with van der Waals surface area (Å²) in [5.41, 5.74) is 0. The van der Waals surface area contributed by atoms with Crippen LogP contribution in [0.2, 0.25) is 0 Å². The first-order valence-electron chi connectivity index (χ1n) is 6.50. The number of carbonyl (C=O) groups is 1. The van der Waals surface area contributed by atoms with Crippen molar-refractivity contribution < 1.29 is 9.53 Å². The number of thiophene rings is 1. The maximum atomic E-state index is 11.7. The van der Waals surface area contributed by atoms with Crippen LogP contribution in [0.3, 0.4) is 0 Å². The molecule has 0 N–H and O–H groups in total. The third kappa shape index (κ3) is 4.60. The molecule has 1 aromatic heterocycles. The zero-order valence-corrected chi connectivity index (χ0v) is 11.0. The lowest BCUT2D eigenvalue weighted by Crippen LogP contribution is -2.08. The molecule has 0 bridgehead atoms. The van der Waals surface area contributed by atoms with Crippen LogP contribution in [0.1, 0.15) is 43.4 Å². The van der Waals surface area contributed by atoms with Crippen molar-refractivity contribution in [1.29, 1.82) is 0 Å². The van der Waals surface area contributed by atoms with Gasteiger partial charge in [0, 0.05) is 24.3 Å². The summed E-state index contributed by atoms with van der Waals surface area (Å²) >= 11 is 1.78. The normalized spacial score (nSPS) is 19.6. The van der Waals surface area contributed by atoms with Gasteiger partial charge in [-0.2, -0.15) is 0 Å². The number of rotatable bonds is 7. The van der Waals surface area contributed by atoms with Crippen LogP contribution >= 0.6 is 11.3 Å². The highest BCUT2D eigenvalue weighted by Gasteiger charge is 2.16. The molecule has 2 rings (SSSR count). The fourth-order valence-electron chi connectivity index (χ4n) is 2.23. The maximum Gasteiger partial charge on any atom is 0.133 e. The second-order valence-corrected chi connectivity index (χ2v) is 5.68. The Morgan fingerprint density at radius 3 is 3.12 bits per heavy atom. The number of carbonyl (C=O) groups excluding carboxylic acids is 1. The molecule has 94 valence electrons. The molecule has 0 aliphatic carbocycles. The van der Waals surface area contributed by atoms with E-state index < -0.39 is 0 Å². The molecule has 2 heterocycles. The topological polar surface area (TPSA) is 26.3 Å². The van der Waals surface area contributed by atoms with Crippen LogP contribution in [0.25, 0.3) is 0 Å². The van der Waals surface area contributed by atoms with Gasteiger partial charge in [-0.05, 0) is 43.6 Å². The zero-order chi connectivity index (χ0) is 11.9. The summed E-state index contributed by atoms with van der Waals surface area (Å²) < 4.78 is 5.52. The fraction of sp³-hybridized carbons (Fsp3) is 0.643. The lowest BCUT2D eigenvalue weighted by Gasteiger charge is -2.07. The number of hydrogen-bond donors (Lipinski definition) is 0. The van der Waals surface area contributed by atoms with Crippen molar-refractivity contribution in [2.75, 3.05) is 6.61 Å².